The van der Waals surface area contributed by atoms with E-state index in [0.717, 1.165) is 57.3 Å². The van der Waals surface area contributed by atoms with Crippen molar-refractivity contribution in [3.05, 3.63) is 63.2 Å². The summed E-state index contributed by atoms with van der Waals surface area (Å²) in [6.07, 6.45) is 9.67. The molecule has 1 spiro atoms. The second-order valence-electron chi connectivity index (χ2n) is 10.4. The highest BCUT2D eigenvalue weighted by molar-refractivity contribution is 5.54. The first kappa shape index (κ1) is 30.2. The van der Waals surface area contributed by atoms with E-state index < -0.39 is 0 Å². The molecule has 2 aliphatic rings. The molecule has 2 aromatic rings. The number of rotatable bonds is 6. The summed E-state index contributed by atoms with van der Waals surface area (Å²) >= 11 is 0. The average Bonchev–Trinajstić information content (AvgIpc) is 2.78. The van der Waals surface area contributed by atoms with Crippen LogP contribution in [0.1, 0.15) is 75.8 Å². The molecule has 0 atom stereocenters. The standard InChI is InChI=1S/C22H27N5.C6H10O.C3H8/c1-7-19-20(11-15(2)3)22(26-25-21(19)14-27(5)6)24-13-18-10-8-9-17(12-23)16(18)4;1-2-6(3-1)4-7-5-6;1-3-2/h7-11H,2,13-14H2,1,3-6H3,(H,24,26);1-5H2;3H2,1-2H3/b19-7+,20-11+;;. The summed E-state index contributed by atoms with van der Waals surface area (Å²) in [5, 5.41) is 23.5. The number of hydrogen-bond acceptors (Lipinski definition) is 6. The molecule has 0 amide bonds. The van der Waals surface area contributed by atoms with Gasteiger partial charge in [-0.3, -0.25) is 0 Å². The van der Waals surface area contributed by atoms with Crippen LogP contribution in [0.2, 0.25) is 0 Å². The number of nitriles is 1. The predicted molar refractivity (Wildman–Crippen MR) is 154 cm³/mol. The van der Waals surface area contributed by atoms with Gasteiger partial charge in [-0.15, -0.1) is 5.10 Å². The number of allylic oxidation sites excluding steroid dienone is 1. The Hall–Kier alpha value is -3.01. The molecule has 4 rings (SSSR count). The number of aromatic nitrogens is 2. The van der Waals surface area contributed by atoms with Crippen LogP contribution >= 0.6 is 0 Å². The second-order valence-corrected chi connectivity index (χ2v) is 10.4. The van der Waals surface area contributed by atoms with Crippen molar-refractivity contribution in [2.45, 2.75) is 73.4 Å². The van der Waals surface area contributed by atoms with Gasteiger partial charge in [-0.05, 0) is 71.0 Å². The van der Waals surface area contributed by atoms with E-state index in [-0.39, 0.29) is 0 Å². The van der Waals surface area contributed by atoms with E-state index in [1.54, 1.807) is 0 Å². The lowest BCUT2D eigenvalue weighted by atomic mass is 9.67. The summed E-state index contributed by atoms with van der Waals surface area (Å²) in [6, 6.07) is 7.99. The molecule has 37 heavy (non-hydrogen) atoms. The van der Waals surface area contributed by atoms with Gasteiger partial charge in [0, 0.05) is 28.9 Å². The van der Waals surface area contributed by atoms with Crippen molar-refractivity contribution in [2.24, 2.45) is 5.41 Å². The molecule has 2 fully saturated rings. The van der Waals surface area contributed by atoms with E-state index >= 15 is 0 Å². The fourth-order valence-corrected chi connectivity index (χ4v) is 4.29. The van der Waals surface area contributed by atoms with Crippen molar-refractivity contribution in [3.63, 3.8) is 0 Å². The van der Waals surface area contributed by atoms with Gasteiger partial charge in [0.25, 0.3) is 0 Å². The van der Waals surface area contributed by atoms with Crippen LogP contribution in [0.3, 0.4) is 0 Å². The van der Waals surface area contributed by atoms with Gasteiger partial charge in [0.15, 0.2) is 5.82 Å². The average molecular weight is 504 g/mol. The lowest BCUT2D eigenvalue weighted by Crippen LogP contribution is -2.47. The minimum Gasteiger partial charge on any atom is -0.380 e. The Morgan fingerprint density at radius 3 is 2.32 bits per heavy atom. The minimum absolute atomic E-state index is 0.573. The highest BCUT2D eigenvalue weighted by atomic mass is 16.5. The number of hydrogen-bond donors (Lipinski definition) is 1. The van der Waals surface area contributed by atoms with E-state index in [9.17, 15) is 5.26 Å². The highest BCUT2D eigenvalue weighted by Crippen LogP contribution is 2.46. The van der Waals surface area contributed by atoms with Crippen LogP contribution in [0.25, 0.3) is 12.2 Å². The third-order valence-corrected chi connectivity index (χ3v) is 6.52. The maximum absolute atomic E-state index is 9.23. The second kappa shape index (κ2) is 14.7. The molecule has 200 valence electrons. The molecule has 0 unspecified atom stereocenters. The Bertz CT molecular complexity index is 1190. The van der Waals surface area contributed by atoms with Crippen molar-refractivity contribution in [1.29, 1.82) is 5.26 Å². The SMILES string of the molecule is C1CC2(C1)COC2.C=C(C)/C=c1/c(NCc2cccc(C#N)c2C)nnc(CN(C)C)/c1=C/C.CCC. The first-order valence-electron chi connectivity index (χ1n) is 13.3. The van der Waals surface area contributed by atoms with Crippen LogP contribution in [0.4, 0.5) is 5.82 Å². The lowest BCUT2D eigenvalue weighted by Gasteiger charge is -2.48. The molecule has 1 saturated carbocycles. The van der Waals surface area contributed by atoms with Gasteiger partial charge < -0.3 is 15.0 Å². The molecular formula is C31H45N5O. The van der Waals surface area contributed by atoms with Crippen molar-refractivity contribution in [1.82, 2.24) is 15.1 Å². The van der Waals surface area contributed by atoms with E-state index in [1.165, 1.54) is 25.7 Å². The largest absolute Gasteiger partial charge is 0.380 e. The summed E-state index contributed by atoms with van der Waals surface area (Å²) in [5.74, 6) is 0.718. The first-order chi connectivity index (χ1) is 17.7. The first-order valence-corrected chi connectivity index (χ1v) is 13.3. The third kappa shape index (κ3) is 8.52. The minimum atomic E-state index is 0.573. The van der Waals surface area contributed by atoms with Crippen LogP contribution in [0.15, 0.2) is 30.4 Å². The Morgan fingerprint density at radius 1 is 1.22 bits per heavy atom. The number of benzene rings is 1. The molecule has 2 heterocycles. The Morgan fingerprint density at radius 2 is 1.89 bits per heavy atom. The van der Waals surface area contributed by atoms with Crippen LogP contribution in [0.5, 0.6) is 0 Å². The molecule has 1 aromatic heterocycles. The molecule has 1 N–H and O–H groups in total. The molecule has 6 heteroatoms. The normalized spacial score (nSPS) is 16.0. The smallest absolute Gasteiger partial charge is 0.156 e. The van der Waals surface area contributed by atoms with Crippen molar-refractivity contribution >= 4 is 18.0 Å². The van der Waals surface area contributed by atoms with Crippen LogP contribution in [-0.2, 0) is 17.8 Å². The molecule has 0 bridgehead atoms. The summed E-state index contributed by atoms with van der Waals surface area (Å²) in [6.45, 7) is 17.6. The number of nitrogens with one attached hydrogen (secondary N) is 1. The highest BCUT2D eigenvalue weighted by Gasteiger charge is 2.43. The fourth-order valence-electron chi connectivity index (χ4n) is 4.29. The summed E-state index contributed by atoms with van der Waals surface area (Å²) < 4.78 is 5.08. The molecule has 1 aromatic carbocycles. The Labute approximate surface area is 223 Å². The van der Waals surface area contributed by atoms with Gasteiger partial charge in [0.2, 0.25) is 0 Å². The number of ether oxygens (including phenoxy) is 1. The topological polar surface area (TPSA) is 74.1 Å². The molecule has 0 radical (unpaired) electrons. The molecule has 1 aliphatic heterocycles. The monoisotopic (exact) mass is 503 g/mol. The van der Waals surface area contributed by atoms with Gasteiger partial charge in [0.1, 0.15) is 0 Å². The lowest BCUT2D eigenvalue weighted by molar-refractivity contribution is -0.155. The van der Waals surface area contributed by atoms with Crippen LogP contribution < -0.4 is 15.8 Å². The van der Waals surface area contributed by atoms with E-state index in [1.807, 2.05) is 59.1 Å². The Kier molecular flexibility index (Phi) is 12.0. The summed E-state index contributed by atoms with van der Waals surface area (Å²) in [7, 11) is 4.03. The third-order valence-electron chi connectivity index (χ3n) is 6.52. The zero-order valence-corrected chi connectivity index (χ0v) is 23.9. The summed E-state index contributed by atoms with van der Waals surface area (Å²) in [4.78, 5) is 2.07. The van der Waals surface area contributed by atoms with Gasteiger partial charge in [0.05, 0.1) is 30.5 Å². The molecule has 6 nitrogen and oxygen atoms in total. The van der Waals surface area contributed by atoms with Crippen molar-refractivity contribution in [3.8, 4) is 6.07 Å². The predicted octanol–water partition coefficient (Wildman–Crippen LogP) is 5.09. The molecule has 1 aliphatic carbocycles. The molecule has 1 saturated heterocycles. The number of anilines is 1. The zero-order chi connectivity index (χ0) is 27.4. The van der Waals surface area contributed by atoms with E-state index in [2.05, 4.69) is 53.0 Å². The van der Waals surface area contributed by atoms with Gasteiger partial charge in [-0.1, -0.05) is 57.0 Å². The van der Waals surface area contributed by atoms with Crippen molar-refractivity contribution < 1.29 is 4.74 Å². The Balaban J connectivity index is 0.000000396. The van der Waals surface area contributed by atoms with E-state index in [0.29, 0.717) is 18.7 Å². The van der Waals surface area contributed by atoms with Crippen LogP contribution in [-0.4, -0.2) is 42.4 Å². The quantitative estimate of drug-likeness (QED) is 0.592. The van der Waals surface area contributed by atoms with Gasteiger partial charge in [-0.2, -0.15) is 10.4 Å². The summed E-state index contributed by atoms with van der Waals surface area (Å²) in [5.41, 5.74) is 5.35. The maximum Gasteiger partial charge on any atom is 0.156 e. The van der Waals surface area contributed by atoms with Gasteiger partial charge in [-0.25, -0.2) is 0 Å². The van der Waals surface area contributed by atoms with E-state index in [4.69, 9.17) is 4.74 Å². The van der Waals surface area contributed by atoms with Crippen LogP contribution in [0, 0.1) is 23.7 Å². The van der Waals surface area contributed by atoms with Crippen molar-refractivity contribution in [2.75, 3.05) is 32.6 Å². The number of nitrogens with zero attached hydrogens (tertiary/aromatic N) is 4. The fraction of sp³-hybridized carbons (Fsp3) is 0.516. The van der Waals surface area contributed by atoms with Gasteiger partial charge >= 0.3 is 0 Å². The molecular weight excluding hydrogens is 458 g/mol. The maximum atomic E-state index is 9.23. The zero-order valence-electron chi connectivity index (χ0n) is 23.9.